The molecule has 0 saturated carbocycles. The first-order chi connectivity index (χ1) is 9.19. The van der Waals surface area contributed by atoms with E-state index in [1.807, 2.05) is 43.3 Å². The molecule has 1 unspecified atom stereocenters. The van der Waals surface area contributed by atoms with Gasteiger partial charge < -0.3 is 5.32 Å². The first-order valence-electron chi connectivity index (χ1n) is 6.40. The average Bonchev–Trinajstić information content (AvgIpc) is 2.73. The quantitative estimate of drug-likeness (QED) is 0.859. The van der Waals surface area contributed by atoms with E-state index in [-0.39, 0.29) is 11.8 Å². The molecule has 2 aromatic carbocycles. The van der Waals surface area contributed by atoms with Crippen LogP contribution in [0.15, 0.2) is 42.5 Å². The van der Waals surface area contributed by atoms with Crippen LogP contribution in [0.5, 0.6) is 0 Å². The second-order valence-corrected chi connectivity index (χ2v) is 5.20. The minimum Gasteiger partial charge on any atom is -0.325 e. The second-order valence-electron chi connectivity index (χ2n) is 4.76. The molecule has 0 fully saturated rings. The Hall–Kier alpha value is -1.80. The zero-order valence-electron chi connectivity index (χ0n) is 10.6. The maximum atomic E-state index is 11.8. The van der Waals surface area contributed by atoms with Crippen LogP contribution in [0.3, 0.4) is 0 Å². The van der Waals surface area contributed by atoms with Crippen molar-refractivity contribution in [2.75, 3.05) is 5.32 Å². The van der Waals surface area contributed by atoms with Gasteiger partial charge in [-0.3, -0.25) is 4.79 Å². The number of fused-ring (bicyclic) bond motifs is 1. The first-order valence-corrected chi connectivity index (χ1v) is 6.77. The molecule has 1 amide bonds. The number of carbonyl (C=O) groups excluding carboxylic acids is 1. The fraction of sp³-hybridized carbons (Fsp3) is 0.188. The van der Waals surface area contributed by atoms with Crippen LogP contribution in [0.1, 0.15) is 24.8 Å². The third kappa shape index (κ3) is 2.13. The predicted molar refractivity (Wildman–Crippen MR) is 78.5 cm³/mol. The number of hydrogen-bond donors (Lipinski definition) is 1. The highest BCUT2D eigenvalue weighted by atomic mass is 35.5. The Balaban J connectivity index is 2.07. The smallest absolute Gasteiger partial charge is 0.231 e. The standard InChI is InChI=1S/C16H14ClNO/c1-2-13-14-9-11(6-7-15(14)18-16(13)19)10-4-3-5-12(17)8-10/h3-9,13H,2H2,1H3,(H,18,19). The summed E-state index contributed by atoms with van der Waals surface area (Å²) in [6.45, 7) is 2.03. The third-order valence-electron chi connectivity index (χ3n) is 3.57. The average molecular weight is 272 g/mol. The van der Waals surface area contributed by atoms with E-state index >= 15 is 0 Å². The van der Waals surface area contributed by atoms with E-state index in [9.17, 15) is 4.79 Å². The fourth-order valence-electron chi connectivity index (χ4n) is 2.58. The van der Waals surface area contributed by atoms with Crippen LogP contribution in [-0.2, 0) is 4.79 Å². The summed E-state index contributed by atoms with van der Waals surface area (Å²) in [6, 6.07) is 13.8. The number of nitrogens with one attached hydrogen (secondary N) is 1. The monoisotopic (exact) mass is 271 g/mol. The van der Waals surface area contributed by atoms with Crippen molar-refractivity contribution in [2.45, 2.75) is 19.3 Å². The van der Waals surface area contributed by atoms with Crippen LogP contribution >= 0.6 is 11.6 Å². The number of amides is 1. The van der Waals surface area contributed by atoms with Crippen LogP contribution in [0, 0.1) is 0 Å². The zero-order chi connectivity index (χ0) is 13.4. The van der Waals surface area contributed by atoms with E-state index in [0.717, 1.165) is 33.8 Å². The Bertz CT molecular complexity index is 651. The predicted octanol–water partition coefficient (Wildman–Crippen LogP) is 4.45. The van der Waals surface area contributed by atoms with Gasteiger partial charge in [0.25, 0.3) is 0 Å². The van der Waals surface area contributed by atoms with Crippen molar-refractivity contribution >= 4 is 23.2 Å². The van der Waals surface area contributed by atoms with Gasteiger partial charge >= 0.3 is 0 Å². The van der Waals surface area contributed by atoms with Gasteiger partial charge in [0.15, 0.2) is 0 Å². The lowest BCUT2D eigenvalue weighted by atomic mass is 9.94. The summed E-state index contributed by atoms with van der Waals surface area (Å²) in [6.07, 6.45) is 0.817. The van der Waals surface area contributed by atoms with E-state index in [4.69, 9.17) is 11.6 Å². The van der Waals surface area contributed by atoms with Crippen molar-refractivity contribution in [2.24, 2.45) is 0 Å². The maximum absolute atomic E-state index is 11.8. The zero-order valence-corrected chi connectivity index (χ0v) is 11.4. The molecule has 0 aliphatic carbocycles. The molecular formula is C16H14ClNO. The molecule has 1 atom stereocenters. The van der Waals surface area contributed by atoms with Crippen molar-refractivity contribution in [3.63, 3.8) is 0 Å². The Morgan fingerprint density at radius 3 is 2.68 bits per heavy atom. The summed E-state index contributed by atoms with van der Waals surface area (Å²) in [7, 11) is 0. The number of carbonyl (C=O) groups is 1. The van der Waals surface area contributed by atoms with Crippen molar-refractivity contribution in [3.05, 3.63) is 53.1 Å². The van der Waals surface area contributed by atoms with E-state index in [1.165, 1.54) is 0 Å². The molecule has 1 aliphatic heterocycles. The highest BCUT2D eigenvalue weighted by Gasteiger charge is 2.28. The van der Waals surface area contributed by atoms with Crippen molar-refractivity contribution < 1.29 is 4.79 Å². The molecule has 0 aromatic heterocycles. The van der Waals surface area contributed by atoms with Crippen molar-refractivity contribution in [1.82, 2.24) is 0 Å². The highest BCUT2D eigenvalue weighted by Crippen LogP contribution is 2.37. The Labute approximate surface area is 117 Å². The van der Waals surface area contributed by atoms with E-state index in [2.05, 4.69) is 11.4 Å². The van der Waals surface area contributed by atoms with Gasteiger partial charge in [-0.05, 0) is 47.4 Å². The van der Waals surface area contributed by atoms with Gasteiger partial charge in [0.2, 0.25) is 5.91 Å². The summed E-state index contributed by atoms with van der Waals surface area (Å²) in [4.78, 5) is 11.8. The molecule has 0 bridgehead atoms. The highest BCUT2D eigenvalue weighted by molar-refractivity contribution is 6.30. The summed E-state index contributed by atoms with van der Waals surface area (Å²) in [5.41, 5.74) is 4.19. The normalized spacial score (nSPS) is 17.2. The molecule has 1 N–H and O–H groups in total. The molecule has 96 valence electrons. The topological polar surface area (TPSA) is 29.1 Å². The second kappa shape index (κ2) is 4.71. The lowest BCUT2D eigenvalue weighted by Crippen LogP contribution is -2.10. The van der Waals surface area contributed by atoms with Crippen LogP contribution in [0.2, 0.25) is 5.02 Å². The molecule has 1 aliphatic rings. The number of anilines is 1. The SMILES string of the molecule is CCC1C(=O)Nc2ccc(-c3cccc(Cl)c3)cc21. The van der Waals surface area contributed by atoms with Gasteiger partial charge in [-0.2, -0.15) is 0 Å². The summed E-state index contributed by atoms with van der Waals surface area (Å²) in [5, 5.41) is 3.64. The molecular weight excluding hydrogens is 258 g/mol. The molecule has 19 heavy (non-hydrogen) atoms. The first kappa shape index (κ1) is 12.2. The molecule has 0 spiro atoms. The molecule has 2 aromatic rings. The van der Waals surface area contributed by atoms with Crippen molar-refractivity contribution in [1.29, 1.82) is 0 Å². The van der Waals surface area contributed by atoms with Crippen LogP contribution in [-0.4, -0.2) is 5.91 Å². The van der Waals surface area contributed by atoms with E-state index in [1.54, 1.807) is 0 Å². The largest absolute Gasteiger partial charge is 0.325 e. The van der Waals surface area contributed by atoms with Gasteiger partial charge in [0.05, 0.1) is 5.92 Å². The minimum atomic E-state index is -0.0332. The van der Waals surface area contributed by atoms with Gasteiger partial charge in [-0.15, -0.1) is 0 Å². The summed E-state index contributed by atoms with van der Waals surface area (Å²) >= 11 is 6.02. The molecule has 1 heterocycles. The van der Waals surface area contributed by atoms with Crippen molar-refractivity contribution in [3.8, 4) is 11.1 Å². The van der Waals surface area contributed by atoms with Gasteiger partial charge in [-0.25, -0.2) is 0 Å². The molecule has 3 rings (SSSR count). The fourth-order valence-corrected chi connectivity index (χ4v) is 2.77. The summed E-state index contributed by atoms with van der Waals surface area (Å²) < 4.78 is 0. The number of rotatable bonds is 2. The third-order valence-corrected chi connectivity index (χ3v) is 3.80. The Morgan fingerprint density at radius 1 is 1.16 bits per heavy atom. The van der Waals surface area contributed by atoms with Crippen LogP contribution in [0.4, 0.5) is 5.69 Å². The van der Waals surface area contributed by atoms with E-state index in [0.29, 0.717) is 0 Å². The lowest BCUT2D eigenvalue weighted by Gasteiger charge is -2.08. The summed E-state index contributed by atoms with van der Waals surface area (Å²) in [5.74, 6) is 0.0647. The number of hydrogen-bond acceptors (Lipinski definition) is 1. The molecule has 0 saturated heterocycles. The van der Waals surface area contributed by atoms with Crippen LogP contribution < -0.4 is 5.32 Å². The Kier molecular flexibility index (Phi) is 3.03. The molecule has 0 radical (unpaired) electrons. The van der Waals surface area contributed by atoms with E-state index < -0.39 is 0 Å². The number of halogens is 1. The van der Waals surface area contributed by atoms with Crippen LogP contribution in [0.25, 0.3) is 11.1 Å². The van der Waals surface area contributed by atoms with Gasteiger partial charge in [0, 0.05) is 10.7 Å². The van der Waals surface area contributed by atoms with Gasteiger partial charge in [0.1, 0.15) is 0 Å². The minimum absolute atomic E-state index is 0.0332. The number of benzene rings is 2. The lowest BCUT2D eigenvalue weighted by molar-refractivity contribution is -0.117. The molecule has 3 heteroatoms. The molecule has 2 nitrogen and oxygen atoms in total. The Morgan fingerprint density at radius 2 is 1.95 bits per heavy atom. The maximum Gasteiger partial charge on any atom is 0.231 e. The van der Waals surface area contributed by atoms with Gasteiger partial charge in [-0.1, -0.05) is 36.7 Å².